The van der Waals surface area contributed by atoms with Crippen LogP contribution in [0.5, 0.6) is 0 Å². The number of carbonyl (C=O) groups is 2. The molecule has 37 heavy (non-hydrogen) atoms. The number of non-ortho nitro benzene ring substituents is 1. The fourth-order valence-corrected chi connectivity index (χ4v) is 4.90. The number of likely N-dealkylation sites (tertiary alicyclic amines) is 1. The molecule has 0 aromatic heterocycles. The van der Waals surface area contributed by atoms with E-state index in [9.17, 15) is 33.2 Å². The Labute approximate surface area is 220 Å². The van der Waals surface area contributed by atoms with E-state index in [4.69, 9.17) is 5.14 Å². The molecule has 0 bridgehead atoms. The molecule has 4 rings (SSSR count). The summed E-state index contributed by atoms with van der Waals surface area (Å²) in [4.78, 5) is 38.2. The van der Waals surface area contributed by atoms with E-state index in [1.165, 1.54) is 35.2 Å². The summed E-state index contributed by atoms with van der Waals surface area (Å²) in [5, 5.41) is 27.6. The molecule has 0 radical (unpaired) electrons. The van der Waals surface area contributed by atoms with Crippen molar-refractivity contribution in [3.8, 4) is 0 Å². The first-order valence-corrected chi connectivity index (χ1v) is 13.2. The standard InChI is InChI=1S/C25H20BrN3O7S/c26-18-8-6-16(7-9-18)23(30)21-22(17-2-1-3-19(14-17)29(33)34)28(25(32)24(21)31)13-12-15-4-10-20(11-5-15)37(27,35)36/h1-11,14,22,30H,12-13H2,(H2,27,35,36)/t22-/m0/s1. The number of ketones is 1. The number of aliphatic hydroxyl groups excluding tert-OH is 1. The lowest BCUT2D eigenvalue weighted by molar-refractivity contribution is -0.384. The van der Waals surface area contributed by atoms with Crippen molar-refractivity contribution in [3.05, 3.63) is 110 Å². The van der Waals surface area contributed by atoms with Gasteiger partial charge in [-0.25, -0.2) is 13.6 Å². The van der Waals surface area contributed by atoms with Crippen LogP contribution < -0.4 is 5.14 Å². The first kappa shape index (κ1) is 26.2. The number of nitro groups is 1. The number of Topliss-reactive ketones (excluding diaryl/α,β-unsaturated/α-hetero) is 1. The Balaban J connectivity index is 1.76. The van der Waals surface area contributed by atoms with Gasteiger partial charge < -0.3 is 10.0 Å². The second kappa shape index (κ2) is 10.2. The summed E-state index contributed by atoms with van der Waals surface area (Å²) in [5.74, 6) is -2.18. The molecule has 3 N–H and O–H groups in total. The number of hydrogen-bond donors (Lipinski definition) is 2. The quantitative estimate of drug-likeness (QED) is 0.140. The van der Waals surface area contributed by atoms with Crippen LogP contribution in [-0.4, -0.2) is 41.6 Å². The zero-order valence-electron chi connectivity index (χ0n) is 19.1. The first-order valence-electron chi connectivity index (χ1n) is 10.9. The minimum Gasteiger partial charge on any atom is -0.507 e. The summed E-state index contributed by atoms with van der Waals surface area (Å²) in [5.41, 5.74) is 0.842. The fourth-order valence-electron chi connectivity index (χ4n) is 4.12. The first-order chi connectivity index (χ1) is 17.5. The molecule has 1 amide bonds. The highest BCUT2D eigenvalue weighted by Gasteiger charge is 2.46. The van der Waals surface area contributed by atoms with Gasteiger partial charge in [0.1, 0.15) is 5.76 Å². The largest absolute Gasteiger partial charge is 0.507 e. The van der Waals surface area contributed by atoms with Gasteiger partial charge >= 0.3 is 0 Å². The average Bonchev–Trinajstić information content (AvgIpc) is 3.12. The summed E-state index contributed by atoms with van der Waals surface area (Å²) in [6.07, 6.45) is 0.238. The summed E-state index contributed by atoms with van der Waals surface area (Å²) in [6, 6.07) is 16.7. The summed E-state index contributed by atoms with van der Waals surface area (Å²) >= 11 is 3.31. The van der Waals surface area contributed by atoms with Gasteiger partial charge in [0.2, 0.25) is 10.0 Å². The number of nitrogens with zero attached hydrogens (tertiary/aromatic N) is 2. The van der Waals surface area contributed by atoms with E-state index in [1.807, 2.05) is 0 Å². The molecule has 0 saturated carbocycles. The molecule has 190 valence electrons. The Morgan fingerprint density at radius 1 is 1.05 bits per heavy atom. The molecule has 1 fully saturated rings. The third-order valence-corrected chi connectivity index (χ3v) is 7.41. The van der Waals surface area contributed by atoms with Crippen LogP contribution in [0.1, 0.15) is 22.7 Å². The molecule has 1 atom stereocenters. The van der Waals surface area contributed by atoms with Crippen molar-refractivity contribution in [1.82, 2.24) is 4.90 Å². The topological polar surface area (TPSA) is 161 Å². The number of primary sulfonamides is 1. The molecular weight excluding hydrogens is 566 g/mol. The van der Waals surface area contributed by atoms with Crippen molar-refractivity contribution < 1.29 is 28.0 Å². The molecule has 0 spiro atoms. The maximum absolute atomic E-state index is 13.1. The van der Waals surface area contributed by atoms with Crippen molar-refractivity contribution in [2.75, 3.05) is 6.54 Å². The molecule has 1 aliphatic rings. The number of nitro benzene ring substituents is 1. The Kier molecular flexibility index (Phi) is 7.25. The van der Waals surface area contributed by atoms with Crippen molar-refractivity contribution in [1.29, 1.82) is 0 Å². The lowest BCUT2D eigenvalue weighted by Gasteiger charge is -2.25. The Morgan fingerprint density at radius 2 is 1.70 bits per heavy atom. The van der Waals surface area contributed by atoms with Crippen molar-refractivity contribution >= 4 is 49.1 Å². The molecular formula is C25H20BrN3O7S. The minimum absolute atomic E-state index is 0.0176. The molecule has 1 aliphatic heterocycles. The van der Waals surface area contributed by atoms with Gasteiger partial charge in [0.25, 0.3) is 17.4 Å². The highest BCUT2D eigenvalue weighted by molar-refractivity contribution is 9.10. The number of benzene rings is 3. The number of sulfonamides is 1. The van der Waals surface area contributed by atoms with Crippen LogP contribution in [-0.2, 0) is 26.0 Å². The Morgan fingerprint density at radius 3 is 2.30 bits per heavy atom. The summed E-state index contributed by atoms with van der Waals surface area (Å²) < 4.78 is 23.8. The van der Waals surface area contributed by atoms with Crippen molar-refractivity contribution in [2.24, 2.45) is 5.14 Å². The maximum Gasteiger partial charge on any atom is 0.295 e. The van der Waals surface area contributed by atoms with Gasteiger partial charge in [-0.05, 0) is 41.8 Å². The Hall–Kier alpha value is -3.87. The lowest BCUT2D eigenvalue weighted by atomic mass is 9.95. The normalized spacial score (nSPS) is 17.2. The second-order valence-corrected chi connectivity index (χ2v) is 10.8. The minimum atomic E-state index is -3.87. The number of hydrogen-bond acceptors (Lipinski definition) is 7. The third-order valence-electron chi connectivity index (χ3n) is 5.95. The highest BCUT2D eigenvalue weighted by atomic mass is 79.9. The summed E-state index contributed by atoms with van der Waals surface area (Å²) in [7, 11) is -3.87. The number of halogens is 1. The molecule has 1 saturated heterocycles. The van der Waals surface area contributed by atoms with Gasteiger partial charge in [-0.15, -0.1) is 0 Å². The maximum atomic E-state index is 13.1. The van der Waals surface area contributed by atoms with E-state index in [0.29, 0.717) is 11.1 Å². The predicted octanol–water partition coefficient (Wildman–Crippen LogP) is 3.67. The van der Waals surface area contributed by atoms with Crippen LogP contribution >= 0.6 is 15.9 Å². The number of nitrogens with two attached hydrogens (primary N) is 1. The predicted molar refractivity (Wildman–Crippen MR) is 138 cm³/mol. The lowest BCUT2D eigenvalue weighted by Crippen LogP contribution is -2.31. The van der Waals surface area contributed by atoms with E-state index in [1.54, 1.807) is 42.5 Å². The van der Waals surface area contributed by atoms with Crippen LogP contribution in [0.15, 0.2) is 87.7 Å². The zero-order chi connectivity index (χ0) is 26.9. The van der Waals surface area contributed by atoms with E-state index >= 15 is 0 Å². The highest BCUT2D eigenvalue weighted by Crippen LogP contribution is 2.40. The van der Waals surface area contributed by atoms with E-state index in [0.717, 1.165) is 4.47 Å². The van der Waals surface area contributed by atoms with Gasteiger partial charge in [0.15, 0.2) is 0 Å². The van der Waals surface area contributed by atoms with Gasteiger partial charge in [0.05, 0.1) is 21.4 Å². The summed E-state index contributed by atoms with van der Waals surface area (Å²) in [6.45, 7) is 0.0176. The van der Waals surface area contributed by atoms with Gasteiger partial charge in [0, 0.05) is 28.7 Å². The number of rotatable bonds is 7. The third kappa shape index (κ3) is 5.45. The zero-order valence-corrected chi connectivity index (χ0v) is 21.5. The smallest absolute Gasteiger partial charge is 0.295 e. The SMILES string of the molecule is NS(=O)(=O)c1ccc(CCN2C(=O)C(=O)C(=C(O)c3ccc(Br)cc3)[C@@H]2c2cccc([N+](=O)[O-])c2)cc1. The van der Waals surface area contributed by atoms with E-state index in [-0.39, 0.29) is 34.7 Å². The molecule has 10 nitrogen and oxygen atoms in total. The Bertz CT molecular complexity index is 1540. The van der Waals surface area contributed by atoms with E-state index in [2.05, 4.69) is 15.9 Å². The van der Waals surface area contributed by atoms with Crippen LogP contribution in [0.25, 0.3) is 5.76 Å². The number of aliphatic hydroxyl groups is 1. The molecule has 12 heteroatoms. The van der Waals surface area contributed by atoms with Crippen LogP contribution in [0, 0.1) is 10.1 Å². The molecule has 0 aliphatic carbocycles. The van der Waals surface area contributed by atoms with Crippen molar-refractivity contribution in [2.45, 2.75) is 17.4 Å². The van der Waals surface area contributed by atoms with Gasteiger partial charge in [-0.3, -0.25) is 19.7 Å². The number of carbonyl (C=O) groups excluding carboxylic acids is 2. The van der Waals surface area contributed by atoms with Crippen LogP contribution in [0.2, 0.25) is 0 Å². The van der Waals surface area contributed by atoms with Crippen LogP contribution in [0.4, 0.5) is 5.69 Å². The van der Waals surface area contributed by atoms with E-state index < -0.39 is 38.4 Å². The monoisotopic (exact) mass is 585 g/mol. The number of amides is 1. The average molecular weight is 586 g/mol. The molecule has 0 unspecified atom stereocenters. The molecule has 3 aromatic rings. The van der Waals surface area contributed by atoms with Gasteiger partial charge in [-0.1, -0.05) is 52.3 Å². The van der Waals surface area contributed by atoms with Crippen LogP contribution in [0.3, 0.4) is 0 Å². The van der Waals surface area contributed by atoms with Crippen molar-refractivity contribution in [3.63, 3.8) is 0 Å². The molecule has 1 heterocycles. The molecule has 3 aromatic carbocycles. The fraction of sp³-hybridized carbons (Fsp3) is 0.120. The second-order valence-electron chi connectivity index (χ2n) is 8.29. The van der Waals surface area contributed by atoms with Gasteiger partial charge in [-0.2, -0.15) is 0 Å².